The highest BCUT2D eigenvalue weighted by atomic mass is 35.5. The van der Waals surface area contributed by atoms with Gasteiger partial charge in [0, 0.05) is 11.6 Å². The van der Waals surface area contributed by atoms with E-state index in [-0.39, 0.29) is 5.91 Å². The van der Waals surface area contributed by atoms with Crippen molar-refractivity contribution in [2.24, 2.45) is 0 Å². The fraction of sp³-hybridized carbons (Fsp3) is 0.364. The number of hydrogen-bond acceptors (Lipinski definition) is 2. The van der Waals surface area contributed by atoms with Crippen LogP contribution in [-0.4, -0.2) is 18.6 Å². The largest absolute Gasteiger partial charge is 0.479 e. The number of nitrogens with zero attached hydrogens (tertiary/aromatic N) is 1. The number of rotatable bonds is 1. The van der Waals surface area contributed by atoms with Gasteiger partial charge in [-0.3, -0.25) is 4.79 Å². The van der Waals surface area contributed by atoms with Gasteiger partial charge in [-0.15, -0.1) is 0 Å². The van der Waals surface area contributed by atoms with E-state index in [1.165, 1.54) is 0 Å². The molecule has 1 amide bonds. The average molecular weight is 226 g/mol. The molecule has 0 aliphatic carbocycles. The third-order valence-corrected chi connectivity index (χ3v) is 2.68. The highest BCUT2D eigenvalue weighted by Crippen LogP contribution is 2.35. The lowest BCUT2D eigenvalue weighted by Crippen LogP contribution is -2.44. The molecule has 1 aliphatic heterocycles. The van der Waals surface area contributed by atoms with Crippen molar-refractivity contribution < 1.29 is 9.53 Å². The highest BCUT2D eigenvalue weighted by molar-refractivity contribution is 6.31. The Hall–Kier alpha value is -1.22. The number of anilines is 1. The topological polar surface area (TPSA) is 29.5 Å². The van der Waals surface area contributed by atoms with E-state index in [4.69, 9.17) is 16.3 Å². The van der Waals surface area contributed by atoms with E-state index in [1.807, 2.05) is 6.92 Å². The zero-order chi connectivity index (χ0) is 11.0. The molecule has 1 aliphatic rings. The molecule has 1 aromatic rings. The second kappa shape index (κ2) is 3.74. The minimum Gasteiger partial charge on any atom is -0.479 e. The van der Waals surface area contributed by atoms with Crippen molar-refractivity contribution in [3.63, 3.8) is 0 Å². The number of amides is 1. The SMILES string of the molecule is CCN1C(=O)C(C)Oc2ccc(Cl)cc21. The minimum absolute atomic E-state index is 0.0210. The molecule has 0 fully saturated rings. The lowest BCUT2D eigenvalue weighted by atomic mass is 10.2. The maximum Gasteiger partial charge on any atom is 0.267 e. The summed E-state index contributed by atoms with van der Waals surface area (Å²) < 4.78 is 5.48. The maximum atomic E-state index is 11.8. The molecular formula is C11H12ClNO2. The molecule has 1 atom stereocenters. The summed E-state index contributed by atoms with van der Waals surface area (Å²) in [5.74, 6) is 0.695. The van der Waals surface area contributed by atoms with Crippen LogP contribution >= 0.6 is 11.6 Å². The van der Waals surface area contributed by atoms with Crippen LogP contribution in [0.1, 0.15) is 13.8 Å². The Balaban J connectivity index is 2.51. The van der Waals surface area contributed by atoms with Gasteiger partial charge in [0.05, 0.1) is 5.69 Å². The summed E-state index contributed by atoms with van der Waals surface area (Å²) in [5.41, 5.74) is 0.758. The first-order valence-corrected chi connectivity index (χ1v) is 5.29. The number of hydrogen-bond donors (Lipinski definition) is 0. The Kier molecular flexibility index (Phi) is 2.57. The zero-order valence-electron chi connectivity index (χ0n) is 8.66. The van der Waals surface area contributed by atoms with E-state index in [0.717, 1.165) is 5.69 Å². The predicted octanol–water partition coefficient (Wildman–Crippen LogP) is 2.47. The number of ether oxygens (including phenoxy) is 1. The molecule has 2 rings (SSSR count). The summed E-state index contributed by atoms with van der Waals surface area (Å²) in [7, 11) is 0. The number of benzene rings is 1. The summed E-state index contributed by atoms with van der Waals surface area (Å²) in [6.45, 7) is 4.31. The molecule has 1 aromatic carbocycles. The van der Waals surface area contributed by atoms with Crippen LogP contribution in [0.15, 0.2) is 18.2 Å². The van der Waals surface area contributed by atoms with Crippen molar-refractivity contribution in [2.75, 3.05) is 11.4 Å². The monoisotopic (exact) mass is 225 g/mol. The van der Waals surface area contributed by atoms with Crippen molar-refractivity contribution in [1.29, 1.82) is 0 Å². The third kappa shape index (κ3) is 1.67. The Morgan fingerprint density at radius 2 is 2.27 bits per heavy atom. The van der Waals surface area contributed by atoms with Gasteiger partial charge in [0.1, 0.15) is 5.75 Å². The molecule has 80 valence electrons. The second-order valence-corrected chi connectivity index (χ2v) is 3.89. The van der Waals surface area contributed by atoms with Crippen molar-refractivity contribution >= 4 is 23.2 Å². The number of carbonyl (C=O) groups is 1. The van der Waals surface area contributed by atoms with Gasteiger partial charge in [-0.2, -0.15) is 0 Å². The molecule has 3 nitrogen and oxygen atoms in total. The minimum atomic E-state index is -0.418. The molecular weight excluding hydrogens is 214 g/mol. The van der Waals surface area contributed by atoms with E-state index in [9.17, 15) is 4.79 Å². The fourth-order valence-electron chi connectivity index (χ4n) is 1.71. The lowest BCUT2D eigenvalue weighted by molar-refractivity contribution is -0.125. The van der Waals surface area contributed by atoms with E-state index < -0.39 is 6.10 Å². The summed E-state index contributed by atoms with van der Waals surface area (Å²) in [6.07, 6.45) is -0.418. The molecule has 0 aromatic heterocycles. The van der Waals surface area contributed by atoms with Gasteiger partial charge in [0.25, 0.3) is 5.91 Å². The van der Waals surface area contributed by atoms with Gasteiger partial charge in [0.15, 0.2) is 6.10 Å². The molecule has 0 saturated heterocycles. The summed E-state index contributed by atoms with van der Waals surface area (Å²) in [5, 5.41) is 0.609. The van der Waals surface area contributed by atoms with E-state index in [0.29, 0.717) is 17.3 Å². The maximum absolute atomic E-state index is 11.8. The van der Waals surface area contributed by atoms with E-state index in [1.54, 1.807) is 30.0 Å². The first-order chi connectivity index (χ1) is 7.13. The molecule has 0 spiro atoms. The fourth-order valence-corrected chi connectivity index (χ4v) is 1.87. The molecule has 0 saturated carbocycles. The quantitative estimate of drug-likeness (QED) is 0.735. The first kappa shape index (κ1) is 10.3. The summed E-state index contributed by atoms with van der Waals surface area (Å²) in [6, 6.07) is 5.31. The van der Waals surface area contributed by atoms with Gasteiger partial charge >= 0.3 is 0 Å². The van der Waals surface area contributed by atoms with Crippen LogP contribution in [0.25, 0.3) is 0 Å². The molecule has 4 heteroatoms. The molecule has 0 N–H and O–H groups in total. The van der Waals surface area contributed by atoms with Gasteiger partial charge < -0.3 is 9.64 Å². The Bertz CT molecular complexity index is 406. The van der Waals surface area contributed by atoms with Gasteiger partial charge in [0.2, 0.25) is 0 Å². The summed E-state index contributed by atoms with van der Waals surface area (Å²) in [4.78, 5) is 13.5. The Morgan fingerprint density at radius 3 is 2.93 bits per heavy atom. The third-order valence-electron chi connectivity index (χ3n) is 2.45. The van der Waals surface area contributed by atoms with Crippen LogP contribution in [0.5, 0.6) is 5.75 Å². The van der Waals surface area contributed by atoms with Crippen LogP contribution in [0.2, 0.25) is 5.02 Å². The second-order valence-electron chi connectivity index (χ2n) is 3.45. The standard InChI is InChI=1S/C11H12ClNO2/c1-3-13-9-6-8(12)4-5-10(9)15-7(2)11(13)14/h4-7H,3H2,1-2H3. The number of halogens is 1. The Morgan fingerprint density at radius 1 is 1.53 bits per heavy atom. The smallest absolute Gasteiger partial charge is 0.267 e. The zero-order valence-corrected chi connectivity index (χ0v) is 9.41. The normalized spacial score (nSPS) is 19.8. The first-order valence-electron chi connectivity index (χ1n) is 4.91. The molecule has 15 heavy (non-hydrogen) atoms. The summed E-state index contributed by atoms with van der Waals surface area (Å²) >= 11 is 5.89. The molecule has 1 heterocycles. The van der Waals surface area contributed by atoms with Crippen LogP contribution in [0.4, 0.5) is 5.69 Å². The number of carbonyl (C=O) groups excluding carboxylic acids is 1. The van der Waals surface area contributed by atoms with E-state index >= 15 is 0 Å². The van der Waals surface area contributed by atoms with Crippen molar-refractivity contribution in [3.8, 4) is 5.75 Å². The molecule has 0 bridgehead atoms. The van der Waals surface area contributed by atoms with E-state index in [2.05, 4.69) is 0 Å². The van der Waals surface area contributed by atoms with Gasteiger partial charge in [-0.1, -0.05) is 11.6 Å². The van der Waals surface area contributed by atoms with Crippen LogP contribution in [0.3, 0.4) is 0 Å². The van der Waals surface area contributed by atoms with Crippen LogP contribution < -0.4 is 9.64 Å². The average Bonchev–Trinajstić information content (AvgIpc) is 2.21. The number of fused-ring (bicyclic) bond motifs is 1. The molecule has 1 unspecified atom stereocenters. The van der Waals surface area contributed by atoms with Crippen molar-refractivity contribution in [2.45, 2.75) is 20.0 Å². The predicted molar refractivity (Wildman–Crippen MR) is 59.6 cm³/mol. The van der Waals surface area contributed by atoms with Gasteiger partial charge in [-0.05, 0) is 32.0 Å². The van der Waals surface area contributed by atoms with Gasteiger partial charge in [-0.25, -0.2) is 0 Å². The highest BCUT2D eigenvalue weighted by Gasteiger charge is 2.30. The molecule has 0 radical (unpaired) electrons. The Labute approximate surface area is 93.6 Å². The van der Waals surface area contributed by atoms with Crippen molar-refractivity contribution in [3.05, 3.63) is 23.2 Å². The van der Waals surface area contributed by atoms with Crippen LogP contribution in [0, 0.1) is 0 Å². The number of likely N-dealkylation sites (N-methyl/N-ethyl adjacent to an activating group) is 1. The lowest BCUT2D eigenvalue weighted by Gasteiger charge is -2.32. The van der Waals surface area contributed by atoms with Crippen molar-refractivity contribution in [1.82, 2.24) is 0 Å². The van der Waals surface area contributed by atoms with Crippen LogP contribution in [-0.2, 0) is 4.79 Å².